The molecule has 0 aromatic rings. The van der Waals surface area contributed by atoms with Crippen molar-refractivity contribution in [3.8, 4) is 0 Å². The average molecular weight is 794 g/mol. The number of carbonyl (C=O) groups excluding carboxylic acids is 3. The number of carboxylic acids is 1. The molecular weight excluding hydrogens is 703 g/mol. The minimum absolute atomic E-state index is 0.0431. The van der Waals surface area contributed by atoms with Crippen molar-refractivity contribution in [2.24, 2.45) is 0 Å². The third-order valence-electron chi connectivity index (χ3n) is 10.9. The van der Waals surface area contributed by atoms with Gasteiger partial charge in [-0.1, -0.05) is 180 Å². The summed E-state index contributed by atoms with van der Waals surface area (Å²) in [7, 11) is 5.42. The quantitative estimate of drug-likeness (QED) is 0.0262. The highest BCUT2D eigenvalue weighted by molar-refractivity contribution is 5.70. The summed E-state index contributed by atoms with van der Waals surface area (Å²) in [6, 6.07) is -0.723. The zero-order chi connectivity index (χ0) is 41.4. The van der Waals surface area contributed by atoms with Gasteiger partial charge < -0.3 is 28.6 Å². The second-order valence-corrected chi connectivity index (χ2v) is 17.4. The van der Waals surface area contributed by atoms with Gasteiger partial charge in [-0.15, -0.1) is 0 Å². The molecule has 0 aliphatic carbocycles. The Morgan fingerprint density at radius 2 is 0.893 bits per heavy atom. The third-order valence-corrected chi connectivity index (χ3v) is 10.9. The Labute approximate surface area is 346 Å². The number of carbonyl (C=O) groups is 3. The number of carboxylic acid groups (broad SMARTS) is 1. The average Bonchev–Trinajstić information content (AvgIpc) is 3.15. The number of ether oxygens (including phenoxy) is 3. The van der Waals surface area contributed by atoms with Crippen molar-refractivity contribution < 1.29 is 38.2 Å². The lowest BCUT2D eigenvalue weighted by molar-refractivity contribution is -0.889. The molecule has 0 aliphatic rings. The van der Waals surface area contributed by atoms with E-state index >= 15 is 0 Å². The van der Waals surface area contributed by atoms with Gasteiger partial charge in [0.15, 0.2) is 6.10 Å². The van der Waals surface area contributed by atoms with Crippen LogP contribution in [-0.2, 0) is 28.6 Å². The number of hydrogen-bond donors (Lipinski definition) is 0. The van der Waals surface area contributed by atoms with Gasteiger partial charge in [-0.25, -0.2) is 0 Å². The van der Waals surface area contributed by atoms with Gasteiger partial charge in [0, 0.05) is 19.3 Å². The molecule has 0 N–H and O–H groups in total. The Morgan fingerprint density at radius 3 is 1.29 bits per heavy atom. The largest absolute Gasteiger partial charge is 0.544 e. The molecule has 56 heavy (non-hydrogen) atoms. The van der Waals surface area contributed by atoms with Gasteiger partial charge in [0.05, 0.1) is 40.3 Å². The van der Waals surface area contributed by atoms with Crippen LogP contribution in [0.3, 0.4) is 0 Å². The van der Waals surface area contributed by atoms with Crippen molar-refractivity contribution in [3.63, 3.8) is 0 Å². The maximum Gasteiger partial charge on any atom is 0.306 e. The summed E-state index contributed by atoms with van der Waals surface area (Å²) in [5.41, 5.74) is 0. The lowest BCUT2D eigenvalue weighted by Gasteiger charge is -2.34. The number of rotatable bonds is 43. The predicted molar refractivity (Wildman–Crippen MR) is 231 cm³/mol. The van der Waals surface area contributed by atoms with Crippen molar-refractivity contribution in [1.29, 1.82) is 0 Å². The number of unbranched alkanes of at least 4 members (excludes halogenated alkanes) is 27. The summed E-state index contributed by atoms with van der Waals surface area (Å²) in [5.74, 6) is -1.73. The first-order chi connectivity index (χ1) is 27.1. The van der Waals surface area contributed by atoms with Crippen molar-refractivity contribution in [2.75, 3.05) is 41.0 Å². The van der Waals surface area contributed by atoms with Gasteiger partial charge in [-0.3, -0.25) is 9.59 Å². The Morgan fingerprint density at radius 1 is 0.518 bits per heavy atom. The molecule has 0 radical (unpaired) electrons. The monoisotopic (exact) mass is 794 g/mol. The molecule has 0 amide bonds. The number of hydrogen-bond acceptors (Lipinski definition) is 7. The van der Waals surface area contributed by atoms with E-state index in [-0.39, 0.29) is 42.7 Å². The summed E-state index contributed by atoms with van der Waals surface area (Å²) in [4.78, 5) is 36.9. The van der Waals surface area contributed by atoms with E-state index in [0.29, 0.717) is 12.8 Å². The Balaban J connectivity index is 4.28. The minimum Gasteiger partial charge on any atom is -0.544 e. The molecule has 0 rings (SSSR count). The molecule has 0 spiro atoms. The number of esters is 2. The van der Waals surface area contributed by atoms with E-state index in [9.17, 15) is 19.5 Å². The topological polar surface area (TPSA) is 102 Å². The Bertz CT molecular complexity index is 931. The summed E-state index contributed by atoms with van der Waals surface area (Å²) >= 11 is 0. The Hall–Kier alpha value is -1.93. The molecule has 8 nitrogen and oxygen atoms in total. The first kappa shape index (κ1) is 54.1. The van der Waals surface area contributed by atoms with Crippen LogP contribution in [0.1, 0.15) is 226 Å². The first-order valence-corrected chi connectivity index (χ1v) is 23.7. The van der Waals surface area contributed by atoms with E-state index in [1.54, 1.807) is 21.1 Å². The molecule has 0 fully saturated rings. The number of quaternary nitrogens is 1. The zero-order valence-electron chi connectivity index (χ0n) is 37.6. The molecule has 0 aromatic heterocycles. The summed E-state index contributed by atoms with van der Waals surface area (Å²) in [6.07, 6.45) is 42.3. The van der Waals surface area contributed by atoms with E-state index in [1.165, 1.54) is 141 Å². The highest BCUT2D eigenvalue weighted by Crippen LogP contribution is 2.16. The minimum atomic E-state index is -1.12. The maximum atomic E-state index is 12.7. The van der Waals surface area contributed by atoms with Crippen LogP contribution in [0.25, 0.3) is 0 Å². The number of allylic oxidation sites excluding steroid dienone is 2. The van der Waals surface area contributed by atoms with Crippen LogP contribution in [0, 0.1) is 0 Å². The van der Waals surface area contributed by atoms with Crippen LogP contribution in [-0.4, -0.2) is 75.5 Å². The van der Waals surface area contributed by atoms with E-state index in [2.05, 4.69) is 26.0 Å². The van der Waals surface area contributed by atoms with Gasteiger partial charge in [0.2, 0.25) is 0 Å². The summed E-state index contributed by atoms with van der Waals surface area (Å²) in [5, 5.41) is 11.6. The summed E-state index contributed by atoms with van der Waals surface area (Å²) < 4.78 is 17.2. The zero-order valence-corrected chi connectivity index (χ0v) is 37.6. The lowest BCUT2D eigenvalue weighted by atomic mass is 10.0. The molecule has 0 heterocycles. The number of aliphatic carboxylic acids is 1. The van der Waals surface area contributed by atoms with Gasteiger partial charge in [-0.2, -0.15) is 0 Å². The van der Waals surface area contributed by atoms with Crippen LogP contribution < -0.4 is 5.11 Å². The van der Waals surface area contributed by atoms with Gasteiger partial charge in [0.25, 0.3) is 0 Å². The van der Waals surface area contributed by atoms with E-state index < -0.39 is 18.1 Å². The number of nitrogens with zero attached hydrogens (tertiary/aromatic N) is 1. The second kappa shape index (κ2) is 39.9. The van der Waals surface area contributed by atoms with Crippen molar-refractivity contribution in [3.05, 3.63) is 12.2 Å². The van der Waals surface area contributed by atoms with Gasteiger partial charge in [0.1, 0.15) is 12.6 Å². The first-order valence-electron chi connectivity index (χ1n) is 23.7. The van der Waals surface area contributed by atoms with Crippen LogP contribution in [0.15, 0.2) is 12.2 Å². The second-order valence-electron chi connectivity index (χ2n) is 17.4. The fraction of sp³-hybridized carbons (Fsp3) is 0.896. The molecule has 2 atom stereocenters. The van der Waals surface area contributed by atoms with Crippen LogP contribution >= 0.6 is 0 Å². The SMILES string of the molecule is CCCCCCCCC/C=C/CCCCCCCC(=O)OC(COCCC(C(=O)[O-])[N+](C)(C)C)COC(=O)CCCCCCCCCCCCCCCCCC. The normalized spacial score (nSPS) is 12.9. The molecule has 0 saturated heterocycles. The standard InChI is InChI=1S/C48H91NO7/c1-6-8-10-12-14-16-18-20-22-24-26-28-30-32-34-36-38-46(50)55-43-44(42-54-41-40-45(48(52)53)49(3,4)5)56-47(51)39-37-35-33-31-29-27-25-23-21-19-17-15-13-11-9-7-2/h23,25,44-45H,6-22,24,26-43H2,1-5H3/b25-23+. The third kappa shape index (κ3) is 37.6. The van der Waals surface area contributed by atoms with Crippen LogP contribution in [0.2, 0.25) is 0 Å². The van der Waals surface area contributed by atoms with Crippen LogP contribution in [0.4, 0.5) is 0 Å². The fourth-order valence-corrected chi connectivity index (χ4v) is 7.18. The van der Waals surface area contributed by atoms with E-state index in [0.717, 1.165) is 51.4 Å². The highest BCUT2D eigenvalue weighted by Gasteiger charge is 2.25. The van der Waals surface area contributed by atoms with Crippen molar-refractivity contribution in [2.45, 2.75) is 238 Å². The highest BCUT2D eigenvalue weighted by atomic mass is 16.6. The summed E-state index contributed by atoms with van der Waals surface area (Å²) in [6.45, 7) is 4.68. The fourth-order valence-electron chi connectivity index (χ4n) is 7.18. The van der Waals surface area contributed by atoms with Crippen molar-refractivity contribution in [1.82, 2.24) is 0 Å². The van der Waals surface area contributed by atoms with Crippen LogP contribution in [0.5, 0.6) is 0 Å². The molecule has 0 aromatic carbocycles. The molecule has 0 bridgehead atoms. The molecule has 8 heteroatoms. The van der Waals surface area contributed by atoms with E-state index in [1.807, 2.05) is 0 Å². The van der Waals surface area contributed by atoms with Gasteiger partial charge >= 0.3 is 11.9 Å². The molecule has 2 unspecified atom stereocenters. The maximum absolute atomic E-state index is 12.7. The Kier molecular flexibility index (Phi) is 38.5. The molecular formula is C48H91NO7. The number of likely N-dealkylation sites (N-methyl/N-ethyl adjacent to an activating group) is 1. The molecule has 0 aliphatic heterocycles. The predicted octanol–water partition coefficient (Wildman–Crippen LogP) is 11.8. The van der Waals surface area contributed by atoms with Crippen molar-refractivity contribution >= 4 is 17.9 Å². The van der Waals surface area contributed by atoms with Gasteiger partial charge in [-0.05, 0) is 38.5 Å². The lowest BCUT2D eigenvalue weighted by Crippen LogP contribution is -2.55. The molecule has 0 saturated carbocycles. The van der Waals surface area contributed by atoms with E-state index in [4.69, 9.17) is 14.2 Å². The molecule has 330 valence electrons. The smallest absolute Gasteiger partial charge is 0.306 e.